The van der Waals surface area contributed by atoms with Crippen molar-refractivity contribution in [1.29, 1.82) is 0 Å². The number of allylic oxidation sites excluding steroid dienone is 2. The molecule has 5 heteroatoms. The van der Waals surface area contributed by atoms with Gasteiger partial charge in [0.05, 0.1) is 12.7 Å². The predicted molar refractivity (Wildman–Crippen MR) is 147 cm³/mol. The lowest BCUT2D eigenvalue weighted by atomic mass is 9.44. The summed E-state index contributed by atoms with van der Waals surface area (Å²) in [7, 11) is 0. The van der Waals surface area contributed by atoms with Crippen molar-refractivity contribution in [3.63, 3.8) is 0 Å². The number of aliphatic hydroxyl groups excluding tert-OH is 2. The molecular weight excluding hydrogens is 462 g/mol. The van der Waals surface area contributed by atoms with Crippen LogP contribution < -0.4 is 0 Å². The van der Waals surface area contributed by atoms with Gasteiger partial charge in [-0.25, -0.2) is 0 Å². The summed E-state index contributed by atoms with van der Waals surface area (Å²) in [4.78, 5) is 14.6. The molecule has 4 unspecified atom stereocenters. The number of carbonyl (C=O) groups is 1. The van der Waals surface area contributed by atoms with E-state index >= 15 is 0 Å². The molecule has 0 aromatic heterocycles. The molecule has 0 aliphatic heterocycles. The van der Waals surface area contributed by atoms with Crippen molar-refractivity contribution in [2.24, 2.45) is 40.4 Å². The fraction of sp³-hybridized carbons (Fsp3) is 0.906. The lowest BCUT2D eigenvalue weighted by Crippen LogP contribution is -2.60. The van der Waals surface area contributed by atoms with E-state index in [1.54, 1.807) is 12.5 Å². The lowest BCUT2D eigenvalue weighted by Gasteiger charge is -2.62. The van der Waals surface area contributed by atoms with Crippen molar-refractivity contribution in [2.75, 3.05) is 19.7 Å². The number of esters is 1. The van der Waals surface area contributed by atoms with E-state index in [1.165, 1.54) is 51.4 Å². The second kappa shape index (κ2) is 10.9. The standard InChI is InChI=1S/C32H53NO4/c1-5-33(15-16-34)28-20-32(4)24(19-29(28)36)11-12-25-26(32)13-14-31(3)27(25)18-23(30(31)37-21(2)35)17-22-9-7-6-8-10-22/h9,23-30,34,36H,5-8,10-20H2,1-4H3/t23-,24?,25?,26?,27?,28-,29-,30-,31-,32-/m0/s1. The minimum Gasteiger partial charge on any atom is -0.462 e. The van der Waals surface area contributed by atoms with Gasteiger partial charge >= 0.3 is 5.97 Å². The Balaban J connectivity index is 1.40. The number of hydrogen-bond donors (Lipinski definition) is 2. The van der Waals surface area contributed by atoms with Gasteiger partial charge in [-0.2, -0.15) is 0 Å². The largest absolute Gasteiger partial charge is 0.462 e. The van der Waals surface area contributed by atoms with E-state index in [-0.39, 0.29) is 41.7 Å². The van der Waals surface area contributed by atoms with Gasteiger partial charge in [-0.1, -0.05) is 32.4 Å². The molecule has 37 heavy (non-hydrogen) atoms. The van der Waals surface area contributed by atoms with Crippen molar-refractivity contribution >= 4 is 5.97 Å². The number of hydrogen-bond acceptors (Lipinski definition) is 5. The van der Waals surface area contributed by atoms with E-state index in [2.05, 4.69) is 31.7 Å². The predicted octanol–water partition coefficient (Wildman–Crippen LogP) is 5.73. The monoisotopic (exact) mass is 515 g/mol. The molecule has 10 atom stereocenters. The summed E-state index contributed by atoms with van der Waals surface area (Å²) in [5.74, 6) is 2.91. The Labute approximate surface area is 225 Å². The molecule has 0 aromatic carbocycles. The van der Waals surface area contributed by atoms with Gasteiger partial charge in [-0.3, -0.25) is 9.69 Å². The maximum absolute atomic E-state index is 12.3. The van der Waals surface area contributed by atoms with Gasteiger partial charge in [0.25, 0.3) is 0 Å². The van der Waals surface area contributed by atoms with Crippen molar-refractivity contribution in [1.82, 2.24) is 4.90 Å². The maximum atomic E-state index is 12.3. The molecule has 0 saturated heterocycles. The van der Waals surface area contributed by atoms with Gasteiger partial charge < -0.3 is 14.9 Å². The maximum Gasteiger partial charge on any atom is 0.302 e. The van der Waals surface area contributed by atoms with Crippen molar-refractivity contribution in [3.05, 3.63) is 11.6 Å². The SMILES string of the molecule is CCN(CCO)[C@H]1C[C@@]2(C)C(CCC3C2CC[C@@]2(C)C3C[C@H](CC3=CCCCC3)[C@@H]2OC(C)=O)C[C@@H]1O. The van der Waals surface area contributed by atoms with E-state index in [4.69, 9.17) is 4.74 Å². The fourth-order valence-corrected chi connectivity index (χ4v) is 10.5. The van der Waals surface area contributed by atoms with Crippen LogP contribution in [0.5, 0.6) is 0 Å². The van der Waals surface area contributed by atoms with Gasteiger partial charge in [-0.05, 0) is 113 Å². The molecule has 0 amide bonds. The van der Waals surface area contributed by atoms with E-state index < -0.39 is 0 Å². The Kier molecular flexibility index (Phi) is 8.17. The molecule has 5 aliphatic rings. The number of nitrogens with zero attached hydrogens (tertiary/aromatic N) is 1. The van der Waals surface area contributed by atoms with Crippen LogP contribution in [0, 0.1) is 40.4 Å². The Morgan fingerprint density at radius 1 is 1.14 bits per heavy atom. The van der Waals surface area contributed by atoms with E-state index in [9.17, 15) is 15.0 Å². The van der Waals surface area contributed by atoms with Gasteiger partial charge in [0.15, 0.2) is 0 Å². The lowest BCUT2D eigenvalue weighted by molar-refractivity contribution is -0.170. The van der Waals surface area contributed by atoms with Crippen LogP contribution in [0.2, 0.25) is 0 Å². The number of fused-ring (bicyclic) bond motifs is 5. The van der Waals surface area contributed by atoms with Crippen LogP contribution in [0.1, 0.15) is 105 Å². The molecule has 5 nitrogen and oxygen atoms in total. The van der Waals surface area contributed by atoms with Crippen LogP contribution in [0.15, 0.2) is 11.6 Å². The van der Waals surface area contributed by atoms with Crippen LogP contribution in [0.25, 0.3) is 0 Å². The van der Waals surface area contributed by atoms with Gasteiger partial charge in [0.1, 0.15) is 6.10 Å². The van der Waals surface area contributed by atoms with Crippen molar-refractivity contribution < 1.29 is 19.7 Å². The topological polar surface area (TPSA) is 70.0 Å². The molecule has 5 rings (SSSR count). The molecule has 0 radical (unpaired) electrons. The van der Waals surface area contributed by atoms with Crippen molar-refractivity contribution in [2.45, 2.75) is 123 Å². The average molecular weight is 516 g/mol. The Hall–Kier alpha value is -0.910. The summed E-state index contributed by atoms with van der Waals surface area (Å²) < 4.78 is 6.22. The number of likely N-dealkylation sites (N-methyl/N-ethyl adjacent to an activating group) is 1. The fourth-order valence-electron chi connectivity index (χ4n) is 10.5. The summed E-state index contributed by atoms with van der Waals surface area (Å²) >= 11 is 0. The summed E-state index contributed by atoms with van der Waals surface area (Å²) in [6, 6.07) is 0.147. The summed E-state index contributed by atoms with van der Waals surface area (Å²) in [5, 5.41) is 20.8. The van der Waals surface area contributed by atoms with Crippen LogP contribution in [0.3, 0.4) is 0 Å². The first-order valence-electron chi connectivity index (χ1n) is 15.6. The van der Waals surface area contributed by atoms with Crippen molar-refractivity contribution in [3.8, 4) is 0 Å². The van der Waals surface area contributed by atoms with Crippen LogP contribution in [0.4, 0.5) is 0 Å². The first-order chi connectivity index (χ1) is 17.7. The normalized spacial score (nSPS) is 45.5. The number of aliphatic hydroxyl groups is 2. The van der Waals surface area contributed by atoms with E-state index in [0.29, 0.717) is 36.1 Å². The minimum atomic E-state index is -0.289. The van der Waals surface area contributed by atoms with Gasteiger partial charge in [0, 0.05) is 30.8 Å². The molecule has 2 N–H and O–H groups in total. The zero-order chi connectivity index (χ0) is 26.4. The highest BCUT2D eigenvalue weighted by Crippen LogP contribution is 2.68. The molecule has 0 spiro atoms. The van der Waals surface area contributed by atoms with E-state index in [0.717, 1.165) is 32.2 Å². The Morgan fingerprint density at radius 2 is 1.95 bits per heavy atom. The third-order valence-corrected chi connectivity index (χ3v) is 12.2. The highest BCUT2D eigenvalue weighted by molar-refractivity contribution is 5.66. The highest BCUT2D eigenvalue weighted by Gasteiger charge is 2.64. The molecule has 0 aromatic rings. The molecule has 5 aliphatic carbocycles. The van der Waals surface area contributed by atoms with Gasteiger partial charge in [-0.15, -0.1) is 0 Å². The molecule has 4 saturated carbocycles. The summed E-state index contributed by atoms with van der Waals surface area (Å²) in [6.45, 7) is 10.4. The summed E-state index contributed by atoms with van der Waals surface area (Å²) in [6.07, 6.45) is 16.4. The van der Waals surface area contributed by atoms with Crippen LogP contribution in [-0.4, -0.2) is 59.0 Å². The number of carbonyl (C=O) groups excluding carboxylic acids is 1. The zero-order valence-corrected chi connectivity index (χ0v) is 24.0. The van der Waals surface area contributed by atoms with E-state index in [1.807, 2.05) is 0 Å². The number of rotatable bonds is 7. The molecule has 210 valence electrons. The first-order valence-corrected chi connectivity index (χ1v) is 15.6. The number of ether oxygens (including phenoxy) is 1. The third kappa shape index (κ3) is 4.95. The van der Waals surface area contributed by atoms with Crippen LogP contribution in [-0.2, 0) is 9.53 Å². The third-order valence-electron chi connectivity index (χ3n) is 12.2. The Bertz CT molecular complexity index is 858. The van der Waals surface area contributed by atoms with Crippen LogP contribution >= 0.6 is 0 Å². The molecule has 4 fully saturated rings. The first kappa shape index (κ1) is 27.6. The smallest absolute Gasteiger partial charge is 0.302 e. The quantitative estimate of drug-likeness (QED) is 0.335. The second-order valence-electron chi connectivity index (χ2n) is 14.0. The summed E-state index contributed by atoms with van der Waals surface area (Å²) in [5.41, 5.74) is 1.92. The highest BCUT2D eigenvalue weighted by atomic mass is 16.5. The molecular formula is C32H53NO4. The zero-order valence-electron chi connectivity index (χ0n) is 24.0. The average Bonchev–Trinajstić information content (AvgIpc) is 3.14. The second-order valence-corrected chi connectivity index (χ2v) is 14.0. The van der Waals surface area contributed by atoms with Gasteiger partial charge in [0.2, 0.25) is 0 Å². The molecule has 0 heterocycles. The molecule has 0 bridgehead atoms. The Morgan fingerprint density at radius 3 is 2.62 bits per heavy atom. The minimum absolute atomic E-state index is 0.0466.